The third-order valence-corrected chi connectivity index (χ3v) is 2.80. The zero-order valence-corrected chi connectivity index (χ0v) is 11.1. The van der Waals surface area contributed by atoms with E-state index in [0.717, 1.165) is 0 Å². The predicted molar refractivity (Wildman–Crippen MR) is 63.3 cm³/mol. The lowest BCUT2D eigenvalue weighted by Gasteiger charge is -2.25. The van der Waals surface area contributed by atoms with Crippen LogP contribution in [0.3, 0.4) is 0 Å². The van der Waals surface area contributed by atoms with Crippen molar-refractivity contribution in [3.8, 4) is 5.75 Å². The second-order valence-electron chi connectivity index (χ2n) is 3.51. The minimum absolute atomic E-state index is 0.0500. The van der Waals surface area contributed by atoms with Gasteiger partial charge in [0.2, 0.25) is 6.10 Å². The highest BCUT2D eigenvalue weighted by Crippen LogP contribution is 2.32. The molecule has 0 spiro atoms. The summed E-state index contributed by atoms with van der Waals surface area (Å²) in [6.07, 6.45) is -6.58. The van der Waals surface area contributed by atoms with E-state index < -0.39 is 18.3 Å². The zero-order chi connectivity index (χ0) is 13.2. The molecule has 2 unspecified atom stereocenters. The maximum absolute atomic E-state index is 12.6. The summed E-state index contributed by atoms with van der Waals surface area (Å²) in [6, 6.07) is 3.08. The van der Waals surface area contributed by atoms with Crippen LogP contribution in [0, 0.1) is 0 Å². The van der Waals surface area contributed by atoms with Crippen molar-refractivity contribution in [3.05, 3.63) is 27.7 Å². The van der Waals surface area contributed by atoms with Gasteiger partial charge in [-0.15, -0.1) is 0 Å². The van der Waals surface area contributed by atoms with Crippen LogP contribution in [0.2, 0.25) is 5.02 Å². The number of rotatable bonds is 3. The summed E-state index contributed by atoms with van der Waals surface area (Å²) in [7, 11) is 0. The number of halogens is 5. The summed E-state index contributed by atoms with van der Waals surface area (Å²) >= 11 is 8.75. The standard InChI is InChI=1S/C10H10BrClF3NO/c1-5(16)9(10(13,14)15)17-8-3-2-6(12)4-7(8)11/h2-5,9H,16H2,1H3. The van der Waals surface area contributed by atoms with Gasteiger partial charge in [-0.05, 0) is 41.1 Å². The molecule has 0 aliphatic carbocycles. The molecule has 0 heterocycles. The van der Waals surface area contributed by atoms with Gasteiger partial charge in [0.05, 0.1) is 4.47 Å². The average Bonchev–Trinajstić information content (AvgIpc) is 2.13. The molecule has 1 aromatic carbocycles. The molecule has 2 N–H and O–H groups in total. The maximum Gasteiger partial charge on any atom is 0.426 e. The second kappa shape index (κ2) is 5.46. The first-order chi connectivity index (χ1) is 7.71. The van der Waals surface area contributed by atoms with E-state index in [1.807, 2.05) is 0 Å². The summed E-state index contributed by atoms with van der Waals surface area (Å²) in [5.74, 6) is 0.0500. The third kappa shape index (κ3) is 4.04. The first-order valence-electron chi connectivity index (χ1n) is 4.66. The Labute approximate surface area is 110 Å². The zero-order valence-electron chi connectivity index (χ0n) is 8.76. The Hall–Kier alpha value is -0.460. The maximum atomic E-state index is 12.6. The second-order valence-corrected chi connectivity index (χ2v) is 4.80. The Morgan fingerprint density at radius 2 is 2.00 bits per heavy atom. The Morgan fingerprint density at radius 3 is 2.41 bits per heavy atom. The number of benzene rings is 1. The van der Waals surface area contributed by atoms with Crippen molar-refractivity contribution in [2.75, 3.05) is 0 Å². The Bertz CT molecular complexity index is 398. The molecule has 2 nitrogen and oxygen atoms in total. The summed E-state index contributed by atoms with van der Waals surface area (Å²) in [5.41, 5.74) is 5.26. The van der Waals surface area contributed by atoms with E-state index in [4.69, 9.17) is 22.1 Å². The molecule has 7 heteroatoms. The normalized spacial score (nSPS) is 15.5. The van der Waals surface area contributed by atoms with Crippen LogP contribution in [0.15, 0.2) is 22.7 Å². The molecular formula is C10H10BrClF3NO. The lowest BCUT2D eigenvalue weighted by atomic mass is 10.2. The molecular weight excluding hydrogens is 322 g/mol. The lowest BCUT2D eigenvalue weighted by Crippen LogP contribution is -2.47. The van der Waals surface area contributed by atoms with Crippen molar-refractivity contribution in [1.29, 1.82) is 0 Å². The monoisotopic (exact) mass is 331 g/mol. The number of alkyl halides is 3. The smallest absolute Gasteiger partial charge is 0.426 e. The fourth-order valence-electron chi connectivity index (χ4n) is 1.18. The van der Waals surface area contributed by atoms with Crippen LogP contribution < -0.4 is 10.5 Å². The molecule has 0 fully saturated rings. The van der Waals surface area contributed by atoms with Crippen LogP contribution in [-0.4, -0.2) is 18.3 Å². The molecule has 1 aromatic rings. The van der Waals surface area contributed by atoms with E-state index in [-0.39, 0.29) is 5.75 Å². The van der Waals surface area contributed by atoms with Crippen molar-refractivity contribution in [2.24, 2.45) is 5.73 Å². The summed E-state index contributed by atoms with van der Waals surface area (Å²) in [6.45, 7) is 1.24. The number of nitrogens with two attached hydrogens (primary N) is 1. The van der Waals surface area contributed by atoms with Gasteiger partial charge < -0.3 is 10.5 Å². The number of hydrogen-bond donors (Lipinski definition) is 1. The van der Waals surface area contributed by atoms with Gasteiger partial charge in [-0.1, -0.05) is 11.6 Å². The van der Waals surface area contributed by atoms with E-state index >= 15 is 0 Å². The topological polar surface area (TPSA) is 35.2 Å². The molecule has 96 valence electrons. The molecule has 2 atom stereocenters. The van der Waals surface area contributed by atoms with Crippen molar-refractivity contribution in [3.63, 3.8) is 0 Å². The van der Waals surface area contributed by atoms with Crippen molar-refractivity contribution in [2.45, 2.75) is 25.2 Å². The first kappa shape index (κ1) is 14.6. The number of ether oxygens (including phenoxy) is 1. The Morgan fingerprint density at radius 1 is 1.41 bits per heavy atom. The van der Waals surface area contributed by atoms with Crippen LogP contribution in [0.1, 0.15) is 6.92 Å². The van der Waals surface area contributed by atoms with E-state index in [9.17, 15) is 13.2 Å². The first-order valence-corrected chi connectivity index (χ1v) is 5.83. The average molecular weight is 333 g/mol. The highest BCUT2D eigenvalue weighted by atomic mass is 79.9. The Balaban J connectivity index is 2.94. The minimum Gasteiger partial charge on any atom is -0.478 e. The molecule has 17 heavy (non-hydrogen) atoms. The fraction of sp³-hybridized carbons (Fsp3) is 0.400. The molecule has 0 saturated heterocycles. The number of hydrogen-bond acceptors (Lipinski definition) is 2. The van der Waals surface area contributed by atoms with E-state index in [1.165, 1.54) is 25.1 Å². The van der Waals surface area contributed by atoms with Crippen LogP contribution >= 0.6 is 27.5 Å². The van der Waals surface area contributed by atoms with Crippen LogP contribution in [0.4, 0.5) is 13.2 Å². The molecule has 0 amide bonds. The Kier molecular flexibility index (Phi) is 4.69. The van der Waals surface area contributed by atoms with E-state index in [0.29, 0.717) is 9.50 Å². The van der Waals surface area contributed by atoms with Crippen LogP contribution in [0.25, 0.3) is 0 Å². The van der Waals surface area contributed by atoms with Gasteiger partial charge >= 0.3 is 6.18 Å². The molecule has 0 aromatic heterocycles. The molecule has 0 aliphatic rings. The van der Waals surface area contributed by atoms with Crippen molar-refractivity contribution in [1.82, 2.24) is 0 Å². The van der Waals surface area contributed by atoms with Gasteiger partial charge in [-0.3, -0.25) is 0 Å². The molecule has 0 saturated carbocycles. The summed E-state index contributed by atoms with van der Waals surface area (Å²) < 4.78 is 43.1. The highest BCUT2D eigenvalue weighted by Gasteiger charge is 2.44. The largest absolute Gasteiger partial charge is 0.478 e. The summed E-state index contributed by atoms with van der Waals surface area (Å²) in [5, 5.41) is 0.397. The minimum atomic E-state index is -4.52. The van der Waals surface area contributed by atoms with Gasteiger partial charge in [0.15, 0.2) is 0 Å². The van der Waals surface area contributed by atoms with Gasteiger partial charge in [0, 0.05) is 11.1 Å². The van der Waals surface area contributed by atoms with Crippen molar-refractivity contribution < 1.29 is 17.9 Å². The quantitative estimate of drug-likeness (QED) is 0.915. The van der Waals surface area contributed by atoms with E-state index in [2.05, 4.69) is 15.9 Å². The lowest BCUT2D eigenvalue weighted by molar-refractivity contribution is -0.199. The van der Waals surface area contributed by atoms with Crippen molar-refractivity contribution >= 4 is 27.5 Å². The molecule has 0 bridgehead atoms. The van der Waals surface area contributed by atoms with Gasteiger partial charge in [0.25, 0.3) is 0 Å². The molecule has 1 rings (SSSR count). The highest BCUT2D eigenvalue weighted by molar-refractivity contribution is 9.10. The predicted octanol–water partition coefficient (Wildman–Crippen LogP) is 3.76. The van der Waals surface area contributed by atoms with Crippen LogP contribution in [0.5, 0.6) is 5.75 Å². The fourth-order valence-corrected chi connectivity index (χ4v) is 1.96. The van der Waals surface area contributed by atoms with E-state index in [1.54, 1.807) is 0 Å². The van der Waals surface area contributed by atoms with Gasteiger partial charge in [-0.2, -0.15) is 13.2 Å². The van der Waals surface area contributed by atoms with Gasteiger partial charge in [0.1, 0.15) is 5.75 Å². The SMILES string of the molecule is CC(N)C(Oc1ccc(Cl)cc1Br)C(F)(F)F. The van der Waals surface area contributed by atoms with Gasteiger partial charge in [-0.25, -0.2) is 0 Å². The van der Waals surface area contributed by atoms with Crippen LogP contribution in [-0.2, 0) is 0 Å². The molecule has 0 radical (unpaired) electrons. The molecule has 0 aliphatic heterocycles. The summed E-state index contributed by atoms with van der Waals surface area (Å²) in [4.78, 5) is 0. The third-order valence-electron chi connectivity index (χ3n) is 1.95.